The molecule has 0 saturated carbocycles. The molecule has 6 heteroatoms. The Balaban J connectivity index is 1.69. The van der Waals surface area contributed by atoms with Gasteiger partial charge >= 0.3 is 5.63 Å². The molecule has 0 radical (unpaired) electrons. The summed E-state index contributed by atoms with van der Waals surface area (Å²) in [5.41, 5.74) is 1.94. The molecule has 3 heterocycles. The third kappa shape index (κ3) is 2.90. The van der Waals surface area contributed by atoms with Crippen LogP contribution in [0.1, 0.15) is 54.6 Å². The van der Waals surface area contributed by atoms with Gasteiger partial charge in [0.1, 0.15) is 16.9 Å². The van der Waals surface area contributed by atoms with Crippen LogP contribution in [0.3, 0.4) is 0 Å². The minimum Gasteiger partial charge on any atom is -0.497 e. The van der Waals surface area contributed by atoms with Gasteiger partial charge in [-0.1, -0.05) is 25.1 Å². The van der Waals surface area contributed by atoms with Crippen LogP contribution < -0.4 is 15.3 Å². The minimum absolute atomic E-state index is 0.102. The zero-order valence-corrected chi connectivity index (χ0v) is 18.4. The number of allylic oxidation sites excluding steroid dienone is 1. The van der Waals surface area contributed by atoms with E-state index in [1.54, 1.807) is 42.3 Å². The third-order valence-corrected chi connectivity index (χ3v) is 6.42. The molecule has 2 aromatic carbocycles. The van der Waals surface area contributed by atoms with Gasteiger partial charge in [0.05, 0.1) is 18.4 Å². The number of carbonyl (C=O) groups excluding carboxylic acids is 2. The average Bonchev–Trinajstić information content (AvgIpc) is 3.03. The van der Waals surface area contributed by atoms with Crippen LogP contribution in [0.5, 0.6) is 5.75 Å². The SMILES string of the molecule is COc1cc2c3c(c1)C(C)CC(C)(C)N3C(=O)/C2=C\C(=O)c1cc2ccccc2oc1=O. The van der Waals surface area contributed by atoms with E-state index in [0.29, 0.717) is 22.3 Å². The zero-order chi connectivity index (χ0) is 22.8. The van der Waals surface area contributed by atoms with Gasteiger partial charge in [-0.05, 0) is 62.1 Å². The lowest BCUT2D eigenvalue weighted by Gasteiger charge is -2.43. The summed E-state index contributed by atoms with van der Waals surface area (Å²) in [6, 6.07) is 12.3. The standard InChI is InChI=1S/C26H23NO5/c1-14-13-26(2,3)27-23-17(14)10-16(31-4)11-18(23)19(24(27)29)12-21(28)20-9-15-7-5-6-8-22(15)32-25(20)30/h5-12,14H,13H2,1-4H3/b19-12-. The maximum absolute atomic E-state index is 13.5. The Labute approximate surface area is 185 Å². The van der Waals surface area contributed by atoms with Gasteiger partial charge in [-0.2, -0.15) is 0 Å². The maximum Gasteiger partial charge on any atom is 0.347 e. The molecule has 1 atom stereocenters. The van der Waals surface area contributed by atoms with Crippen LogP contribution in [-0.4, -0.2) is 24.3 Å². The Kier molecular flexibility index (Phi) is 4.38. The van der Waals surface area contributed by atoms with Crippen LogP contribution in [0, 0.1) is 0 Å². The molecule has 1 aromatic heterocycles. The van der Waals surface area contributed by atoms with Crippen LogP contribution in [0.25, 0.3) is 16.5 Å². The smallest absolute Gasteiger partial charge is 0.347 e. The first kappa shape index (κ1) is 20.2. The molecule has 6 nitrogen and oxygen atoms in total. The van der Waals surface area contributed by atoms with Crippen molar-refractivity contribution in [2.45, 2.75) is 38.6 Å². The summed E-state index contributed by atoms with van der Waals surface area (Å²) in [6.07, 6.45) is 2.05. The molecular formula is C26H23NO5. The van der Waals surface area contributed by atoms with E-state index in [1.807, 2.05) is 19.9 Å². The molecule has 5 rings (SSSR count). The van der Waals surface area contributed by atoms with E-state index in [1.165, 1.54) is 12.1 Å². The van der Waals surface area contributed by atoms with E-state index in [0.717, 1.165) is 17.7 Å². The second kappa shape index (κ2) is 6.92. The first-order chi connectivity index (χ1) is 15.2. The van der Waals surface area contributed by atoms with E-state index >= 15 is 0 Å². The highest BCUT2D eigenvalue weighted by molar-refractivity contribution is 6.36. The number of rotatable bonds is 3. The van der Waals surface area contributed by atoms with E-state index in [9.17, 15) is 14.4 Å². The largest absolute Gasteiger partial charge is 0.497 e. The number of ketones is 1. The number of ether oxygens (including phenoxy) is 1. The van der Waals surface area contributed by atoms with Crippen LogP contribution in [0.2, 0.25) is 0 Å². The average molecular weight is 429 g/mol. The van der Waals surface area contributed by atoms with Gasteiger partial charge in [-0.3, -0.25) is 9.59 Å². The fourth-order valence-corrected chi connectivity index (χ4v) is 5.03. The normalized spacial score (nSPS) is 20.0. The highest BCUT2D eigenvalue weighted by Gasteiger charge is 2.47. The molecule has 0 aliphatic carbocycles. The number of hydrogen-bond donors (Lipinski definition) is 0. The molecule has 0 N–H and O–H groups in total. The van der Waals surface area contributed by atoms with E-state index < -0.39 is 16.9 Å². The van der Waals surface area contributed by atoms with Crippen molar-refractivity contribution in [1.29, 1.82) is 0 Å². The zero-order valence-electron chi connectivity index (χ0n) is 18.4. The van der Waals surface area contributed by atoms with Crippen LogP contribution >= 0.6 is 0 Å². The maximum atomic E-state index is 13.5. The Morgan fingerprint density at radius 1 is 1.19 bits per heavy atom. The molecular weight excluding hydrogens is 406 g/mol. The van der Waals surface area contributed by atoms with Crippen molar-refractivity contribution in [3.05, 3.63) is 75.7 Å². The first-order valence-electron chi connectivity index (χ1n) is 10.6. The number of hydrogen-bond acceptors (Lipinski definition) is 5. The molecule has 2 aliphatic heterocycles. The van der Waals surface area contributed by atoms with Gasteiger partial charge in [0, 0.05) is 16.5 Å². The van der Waals surface area contributed by atoms with Crippen LogP contribution in [0.4, 0.5) is 5.69 Å². The summed E-state index contributed by atoms with van der Waals surface area (Å²) in [4.78, 5) is 40.9. The van der Waals surface area contributed by atoms with E-state index in [4.69, 9.17) is 9.15 Å². The highest BCUT2D eigenvalue weighted by atomic mass is 16.5. The Morgan fingerprint density at radius 3 is 2.69 bits per heavy atom. The summed E-state index contributed by atoms with van der Waals surface area (Å²) in [6.45, 7) is 6.19. The van der Waals surface area contributed by atoms with Crippen molar-refractivity contribution in [2.75, 3.05) is 12.0 Å². The molecule has 0 fully saturated rings. The molecule has 2 aliphatic rings. The second-order valence-electron chi connectivity index (χ2n) is 9.08. The van der Waals surface area contributed by atoms with Crippen LogP contribution in [0.15, 0.2) is 57.8 Å². The van der Waals surface area contributed by atoms with Gasteiger partial charge in [0.25, 0.3) is 5.91 Å². The second-order valence-corrected chi connectivity index (χ2v) is 9.08. The number of nitrogens with zero attached hydrogens (tertiary/aromatic N) is 1. The molecule has 1 amide bonds. The molecule has 0 spiro atoms. The van der Waals surface area contributed by atoms with Crippen molar-refractivity contribution in [3.8, 4) is 5.75 Å². The Bertz CT molecular complexity index is 1400. The topological polar surface area (TPSA) is 76.8 Å². The molecule has 32 heavy (non-hydrogen) atoms. The number of carbonyl (C=O) groups is 2. The van der Waals surface area contributed by atoms with Crippen molar-refractivity contribution < 1.29 is 18.7 Å². The van der Waals surface area contributed by atoms with Crippen molar-refractivity contribution in [1.82, 2.24) is 0 Å². The Morgan fingerprint density at radius 2 is 1.94 bits per heavy atom. The number of fused-ring (bicyclic) bond motifs is 1. The third-order valence-electron chi connectivity index (χ3n) is 6.42. The molecule has 3 aromatic rings. The monoisotopic (exact) mass is 429 g/mol. The summed E-state index contributed by atoms with van der Waals surface area (Å²) in [5.74, 6) is 0.0454. The van der Waals surface area contributed by atoms with Gasteiger partial charge in [-0.15, -0.1) is 0 Å². The molecule has 0 bridgehead atoms. The van der Waals surface area contributed by atoms with E-state index in [-0.39, 0.29) is 23.0 Å². The summed E-state index contributed by atoms with van der Waals surface area (Å²) in [7, 11) is 1.58. The summed E-state index contributed by atoms with van der Waals surface area (Å²) >= 11 is 0. The highest BCUT2D eigenvalue weighted by Crippen LogP contribution is 2.53. The fourth-order valence-electron chi connectivity index (χ4n) is 5.03. The fraction of sp³-hybridized carbons (Fsp3) is 0.269. The quantitative estimate of drug-likeness (QED) is 0.343. The number of para-hydroxylation sites is 1. The Hall–Kier alpha value is -3.67. The minimum atomic E-state index is -0.724. The number of amides is 1. The number of anilines is 1. The van der Waals surface area contributed by atoms with Gasteiger partial charge in [0.15, 0.2) is 5.78 Å². The molecule has 0 saturated heterocycles. The van der Waals surface area contributed by atoms with Crippen molar-refractivity contribution in [2.24, 2.45) is 0 Å². The molecule has 162 valence electrons. The predicted molar refractivity (Wildman–Crippen MR) is 122 cm³/mol. The number of methoxy groups -OCH3 is 1. The van der Waals surface area contributed by atoms with Crippen LogP contribution in [-0.2, 0) is 4.79 Å². The van der Waals surface area contributed by atoms with E-state index in [2.05, 4.69) is 6.92 Å². The lowest BCUT2D eigenvalue weighted by atomic mass is 9.80. The number of benzene rings is 2. The predicted octanol–water partition coefficient (Wildman–Crippen LogP) is 4.70. The van der Waals surface area contributed by atoms with Gasteiger partial charge in [-0.25, -0.2) is 4.79 Å². The van der Waals surface area contributed by atoms with Gasteiger partial charge in [0.2, 0.25) is 0 Å². The van der Waals surface area contributed by atoms with Crippen molar-refractivity contribution in [3.63, 3.8) is 0 Å². The lowest BCUT2D eigenvalue weighted by molar-refractivity contribution is -0.114. The lowest BCUT2D eigenvalue weighted by Crippen LogP contribution is -2.49. The summed E-state index contributed by atoms with van der Waals surface area (Å²) < 4.78 is 10.8. The first-order valence-corrected chi connectivity index (χ1v) is 10.6. The van der Waals surface area contributed by atoms with Gasteiger partial charge < -0.3 is 14.1 Å². The summed E-state index contributed by atoms with van der Waals surface area (Å²) in [5, 5.41) is 0.644. The molecule has 1 unspecified atom stereocenters. The van der Waals surface area contributed by atoms with Crippen molar-refractivity contribution >= 4 is 33.9 Å².